The van der Waals surface area contributed by atoms with Gasteiger partial charge in [-0.05, 0) is 6.42 Å². The first-order valence-corrected chi connectivity index (χ1v) is 4.59. The zero-order valence-electron chi connectivity index (χ0n) is 7.92. The standard InChI is InChI=1S/C10H12FNO2/c1-2-7-5-13-9-4-6(12)3-8(11)10(9)14-7/h3-4,7H,2,5,12H2,1H3/t7-/m0/s1. The highest BCUT2D eigenvalue weighted by molar-refractivity contribution is 5.53. The molecule has 0 unspecified atom stereocenters. The summed E-state index contributed by atoms with van der Waals surface area (Å²) in [4.78, 5) is 0. The van der Waals surface area contributed by atoms with Crippen LogP contribution in [-0.2, 0) is 0 Å². The van der Waals surface area contributed by atoms with Crippen LogP contribution >= 0.6 is 0 Å². The molecule has 4 heteroatoms. The second-order valence-electron chi connectivity index (χ2n) is 3.29. The van der Waals surface area contributed by atoms with Crippen molar-refractivity contribution < 1.29 is 13.9 Å². The van der Waals surface area contributed by atoms with E-state index in [1.54, 1.807) is 6.07 Å². The van der Waals surface area contributed by atoms with Gasteiger partial charge >= 0.3 is 0 Å². The molecule has 2 N–H and O–H groups in total. The third-order valence-corrected chi connectivity index (χ3v) is 2.20. The number of nitrogen functional groups attached to an aromatic ring is 1. The molecule has 0 amide bonds. The van der Waals surface area contributed by atoms with Crippen molar-refractivity contribution in [2.45, 2.75) is 19.4 Å². The highest BCUT2D eigenvalue weighted by atomic mass is 19.1. The number of benzene rings is 1. The lowest BCUT2D eigenvalue weighted by Gasteiger charge is -2.26. The van der Waals surface area contributed by atoms with Crippen molar-refractivity contribution in [3.05, 3.63) is 17.9 Å². The van der Waals surface area contributed by atoms with E-state index in [1.807, 2.05) is 6.92 Å². The van der Waals surface area contributed by atoms with E-state index in [1.165, 1.54) is 6.07 Å². The van der Waals surface area contributed by atoms with Crippen LogP contribution in [0.15, 0.2) is 12.1 Å². The summed E-state index contributed by atoms with van der Waals surface area (Å²) in [5, 5.41) is 0. The van der Waals surface area contributed by atoms with E-state index < -0.39 is 5.82 Å². The quantitative estimate of drug-likeness (QED) is 0.700. The fraction of sp³-hybridized carbons (Fsp3) is 0.400. The molecule has 0 radical (unpaired) electrons. The minimum atomic E-state index is -0.460. The predicted molar refractivity (Wildman–Crippen MR) is 51.0 cm³/mol. The number of rotatable bonds is 1. The van der Waals surface area contributed by atoms with Crippen LogP contribution in [0.5, 0.6) is 11.5 Å². The van der Waals surface area contributed by atoms with Gasteiger partial charge in [-0.2, -0.15) is 0 Å². The third kappa shape index (κ3) is 1.47. The minimum absolute atomic E-state index is 0.0689. The molecule has 0 saturated heterocycles. The van der Waals surface area contributed by atoms with Crippen LogP contribution in [0.1, 0.15) is 13.3 Å². The van der Waals surface area contributed by atoms with Crippen LogP contribution in [0, 0.1) is 5.82 Å². The monoisotopic (exact) mass is 197 g/mol. The number of anilines is 1. The molecule has 1 aromatic carbocycles. The van der Waals surface area contributed by atoms with Gasteiger partial charge in [0.1, 0.15) is 12.7 Å². The topological polar surface area (TPSA) is 44.5 Å². The Labute approximate surface area is 81.6 Å². The molecule has 0 fully saturated rings. The maximum absolute atomic E-state index is 13.4. The molecule has 0 aliphatic carbocycles. The van der Waals surface area contributed by atoms with Crippen LogP contribution in [-0.4, -0.2) is 12.7 Å². The Kier molecular flexibility index (Phi) is 2.19. The molecule has 1 atom stereocenters. The molecule has 0 aromatic heterocycles. The molecule has 0 bridgehead atoms. The van der Waals surface area contributed by atoms with Crippen molar-refractivity contribution in [2.24, 2.45) is 0 Å². The first-order chi connectivity index (χ1) is 6.70. The van der Waals surface area contributed by atoms with Gasteiger partial charge < -0.3 is 15.2 Å². The fourth-order valence-corrected chi connectivity index (χ4v) is 1.39. The lowest BCUT2D eigenvalue weighted by Crippen LogP contribution is -2.28. The van der Waals surface area contributed by atoms with Gasteiger partial charge in [0.15, 0.2) is 17.3 Å². The van der Waals surface area contributed by atoms with E-state index in [-0.39, 0.29) is 11.9 Å². The summed E-state index contributed by atoms with van der Waals surface area (Å²) >= 11 is 0. The van der Waals surface area contributed by atoms with Crippen molar-refractivity contribution in [1.29, 1.82) is 0 Å². The normalized spacial score (nSPS) is 19.4. The maximum atomic E-state index is 13.4. The molecular formula is C10H12FNO2. The van der Waals surface area contributed by atoms with Crippen LogP contribution in [0.25, 0.3) is 0 Å². The summed E-state index contributed by atoms with van der Waals surface area (Å²) in [5.41, 5.74) is 5.82. The second-order valence-corrected chi connectivity index (χ2v) is 3.29. The molecule has 1 aliphatic heterocycles. The fourth-order valence-electron chi connectivity index (χ4n) is 1.39. The minimum Gasteiger partial charge on any atom is -0.486 e. The molecule has 1 heterocycles. The van der Waals surface area contributed by atoms with E-state index in [0.717, 1.165) is 6.42 Å². The number of hydrogen-bond donors (Lipinski definition) is 1. The smallest absolute Gasteiger partial charge is 0.197 e. The number of ether oxygens (including phenoxy) is 2. The summed E-state index contributed by atoms with van der Waals surface area (Å²) in [7, 11) is 0. The molecule has 76 valence electrons. The van der Waals surface area contributed by atoms with E-state index in [4.69, 9.17) is 15.2 Å². The summed E-state index contributed by atoms with van der Waals surface area (Å²) in [6, 6.07) is 2.81. The van der Waals surface area contributed by atoms with E-state index in [9.17, 15) is 4.39 Å². The van der Waals surface area contributed by atoms with E-state index in [0.29, 0.717) is 18.0 Å². The first-order valence-electron chi connectivity index (χ1n) is 4.59. The summed E-state index contributed by atoms with van der Waals surface area (Å²) < 4.78 is 24.1. The Hall–Kier alpha value is -1.45. The Balaban J connectivity index is 2.37. The Morgan fingerprint density at radius 3 is 3.07 bits per heavy atom. The zero-order chi connectivity index (χ0) is 10.1. The van der Waals surface area contributed by atoms with Gasteiger partial charge in [-0.25, -0.2) is 4.39 Å². The predicted octanol–water partition coefficient (Wildman–Crippen LogP) is 1.96. The van der Waals surface area contributed by atoms with Gasteiger partial charge in [-0.3, -0.25) is 0 Å². The first kappa shape index (κ1) is 9.12. The summed E-state index contributed by atoms with van der Waals surface area (Å²) in [6.45, 7) is 2.42. The number of halogens is 1. The molecule has 0 spiro atoms. The van der Waals surface area contributed by atoms with Gasteiger partial charge in [0.05, 0.1) is 0 Å². The van der Waals surface area contributed by atoms with Gasteiger partial charge in [-0.1, -0.05) is 6.92 Å². The van der Waals surface area contributed by atoms with Gasteiger partial charge in [-0.15, -0.1) is 0 Å². The average Bonchev–Trinajstić information content (AvgIpc) is 2.17. The van der Waals surface area contributed by atoms with Crippen molar-refractivity contribution in [1.82, 2.24) is 0 Å². The SMILES string of the molecule is CC[C@H]1COc2cc(N)cc(F)c2O1. The highest BCUT2D eigenvalue weighted by Crippen LogP contribution is 2.36. The van der Waals surface area contributed by atoms with Crippen LogP contribution in [0.4, 0.5) is 10.1 Å². The molecule has 0 saturated carbocycles. The van der Waals surface area contributed by atoms with Crippen LogP contribution in [0.2, 0.25) is 0 Å². The lowest BCUT2D eigenvalue weighted by atomic mass is 10.2. The number of fused-ring (bicyclic) bond motifs is 1. The molecule has 2 rings (SSSR count). The Morgan fingerprint density at radius 1 is 1.57 bits per heavy atom. The maximum Gasteiger partial charge on any atom is 0.197 e. The number of nitrogens with two attached hydrogens (primary N) is 1. The van der Waals surface area contributed by atoms with Gasteiger partial charge in [0.2, 0.25) is 0 Å². The molecule has 3 nitrogen and oxygen atoms in total. The largest absolute Gasteiger partial charge is 0.486 e. The molecule has 1 aromatic rings. The summed E-state index contributed by atoms with van der Waals surface area (Å²) in [5.74, 6) is 0.114. The molecule has 14 heavy (non-hydrogen) atoms. The Morgan fingerprint density at radius 2 is 2.36 bits per heavy atom. The van der Waals surface area contributed by atoms with Crippen molar-refractivity contribution >= 4 is 5.69 Å². The zero-order valence-corrected chi connectivity index (χ0v) is 7.92. The second kappa shape index (κ2) is 3.36. The average molecular weight is 197 g/mol. The van der Waals surface area contributed by atoms with Crippen molar-refractivity contribution in [2.75, 3.05) is 12.3 Å². The summed E-state index contributed by atoms with van der Waals surface area (Å²) in [6.07, 6.45) is 0.726. The molecular weight excluding hydrogens is 185 g/mol. The van der Waals surface area contributed by atoms with Crippen LogP contribution in [0.3, 0.4) is 0 Å². The highest BCUT2D eigenvalue weighted by Gasteiger charge is 2.23. The third-order valence-electron chi connectivity index (χ3n) is 2.20. The lowest BCUT2D eigenvalue weighted by molar-refractivity contribution is 0.0832. The van der Waals surface area contributed by atoms with E-state index in [2.05, 4.69) is 0 Å². The molecule has 1 aliphatic rings. The Bertz CT molecular complexity index is 354. The van der Waals surface area contributed by atoms with Crippen molar-refractivity contribution in [3.8, 4) is 11.5 Å². The number of hydrogen-bond acceptors (Lipinski definition) is 3. The van der Waals surface area contributed by atoms with Crippen molar-refractivity contribution in [3.63, 3.8) is 0 Å². The van der Waals surface area contributed by atoms with E-state index >= 15 is 0 Å². The van der Waals surface area contributed by atoms with Crippen LogP contribution < -0.4 is 15.2 Å². The van der Waals surface area contributed by atoms with Gasteiger partial charge in [0, 0.05) is 17.8 Å². The van der Waals surface area contributed by atoms with Gasteiger partial charge in [0.25, 0.3) is 0 Å².